The third-order valence-electron chi connectivity index (χ3n) is 3.37. The van der Waals surface area contributed by atoms with Crippen molar-refractivity contribution in [3.05, 3.63) is 47.3 Å². The number of ether oxygens (including phenoxy) is 1. The Balaban J connectivity index is 2.19. The molecular formula is C15H21N3O. The van der Waals surface area contributed by atoms with Crippen molar-refractivity contribution in [1.82, 2.24) is 15.1 Å². The van der Waals surface area contributed by atoms with Crippen LogP contribution in [0, 0.1) is 6.92 Å². The van der Waals surface area contributed by atoms with E-state index >= 15 is 0 Å². The first kappa shape index (κ1) is 13.6. The van der Waals surface area contributed by atoms with Gasteiger partial charge in [-0.1, -0.05) is 12.1 Å². The maximum atomic E-state index is 5.30. The zero-order valence-corrected chi connectivity index (χ0v) is 12.0. The van der Waals surface area contributed by atoms with Crippen molar-refractivity contribution in [2.75, 3.05) is 14.2 Å². The SMILES string of the molecule is CNC(Cc1cnn(C)c1)c1ccc(OC)c(C)c1. The summed E-state index contributed by atoms with van der Waals surface area (Å²) < 4.78 is 7.14. The molecule has 0 saturated heterocycles. The van der Waals surface area contributed by atoms with Crippen LogP contribution in [0.2, 0.25) is 0 Å². The third kappa shape index (κ3) is 3.15. The minimum Gasteiger partial charge on any atom is -0.496 e. The van der Waals surface area contributed by atoms with Crippen LogP contribution in [0.5, 0.6) is 5.75 Å². The number of methoxy groups -OCH3 is 1. The molecule has 4 nitrogen and oxygen atoms in total. The molecule has 102 valence electrons. The molecule has 0 aliphatic heterocycles. The van der Waals surface area contributed by atoms with Crippen LogP contribution < -0.4 is 10.1 Å². The van der Waals surface area contributed by atoms with Gasteiger partial charge >= 0.3 is 0 Å². The molecule has 0 spiro atoms. The number of nitrogens with zero attached hydrogens (tertiary/aromatic N) is 2. The molecule has 0 saturated carbocycles. The summed E-state index contributed by atoms with van der Waals surface area (Å²) >= 11 is 0. The molecule has 1 heterocycles. The monoisotopic (exact) mass is 259 g/mol. The molecule has 0 radical (unpaired) electrons. The first-order chi connectivity index (χ1) is 9.13. The number of nitrogens with one attached hydrogen (secondary N) is 1. The molecule has 2 rings (SSSR count). The lowest BCUT2D eigenvalue weighted by Gasteiger charge is -2.17. The molecular weight excluding hydrogens is 238 g/mol. The average Bonchev–Trinajstić information content (AvgIpc) is 2.81. The molecule has 0 amide bonds. The number of hydrogen-bond acceptors (Lipinski definition) is 3. The Kier molecular flexibility index (Phi) is 4.22. The number of rotatable bonds is 5. The van der Waals surface area contributed by atoms with Crippen LogP contribution in [0.3, 0.4) is 0 Å². The Morgan fingerprint density at radius 1 is 1.42 bits per heavy atom. The van der Waals surface area contributed by atoms with Crippen LogP contribution in [-0.4, -0.2) is 23.9 Å². The summed E-state index contributed by atoms with van der Waals surface area (Å²) in [6.07, 6.45) is 4.90. The third-order valence-corrected chi connectivity index (χ3v) is 3.37. The first-order valence-electron chi connectivity index (χ1n) is 6.43. The van der Waals surface area contributed by atoms with Crippen LogP contribution in [0.4, 0.5) is 0 Å². The van der Waals surface area contributed by atoms with E-state index < -0.39 is 0 Å². The summed E-state index contributed by atoms with van der Waals surface area (Å²) in [5.74, 6) is 0.931. The van der Waals surface area contributed by atoms with Crippen molar-refractivity contribution in [2.24, 2.45) is 7.05 Å². The fourth-order valence-corrected chi connectivity index (χ4v) is 2.32. The zero-order chi connectivity index (χ0) is 13.8. The van der Waals surface area contributed by atoms with Gasteiger partial charge < -0.3 is 10.1 Å². The van der Waals surface area contributed by atoms with Gasteiger partial charge in [0.1, 0.15) is 5.75 Å². The van der Waals surface area contributed by atoms with E-state index in [-0.39, 0.29) is 6.04 Å². The second-order valence-corrected chi connectivity index (χ2v) is 4.80. The van der Waals surface area contributed by atoms with Crippen molar-refractivity contribution < 1.29 is 4.74 Å². The van der Waals surface area contributed by atoms with E-state index in [1.807, 2.05) is 31.0 Å². The minimum atomic E-state index is 0.286. The van der Waals surface area contributed by atoms with Gasteiger partial charge in [0.2, 0.25) is 0 Å². The van der Waals surface area contributed by atoms with E-state index in [0.717, 1.165) is 17.7 Å². The molecule has 1 unspecified atom stereocenters. The summed E-state index contributed by atoms with van der Waals surface area (Å²) in [7, 11) is 5.63. The maximum absolute atomic E-state index is 5.30. The predicted molar refractivity (Wildman–Crippen MR) is 76.4 cm³/mol. The van der Waals surface area contributed by atoms with Crippen molar-refractivity contribution in [1.29, 1.82) is 0 Å². The molecule has 0 aliphatic rings. The van der Waals surface area contributed by atoms with Gasteiger partial charge in [0.25, 0.3) is 0 Å². The largest absolute Gasteiger partial charge is 0.496 e. The second kappa shape index (κ2) is 5.89. The maximum Gasteiger partial charge on any atom is 0.121 e. The first-order valence-corrected chi connectivity index (χ1v) is 6.43. The smallest absolute Gasteiger partial charge is 0.121 e. The highest BCUT2D eigenvalue weighted by Crippen LogP contribution is 2.24. The number of aryl methyl sites for hydroxylation is 2. The fraction of sp³-hybridized carbons (Fsp3) is 0.400. The molecule has 4 heteroatoms. The zero-order valence-electron chi connectivity index (χ0n) is 12.0. The van der Waals surface area contributed by atoms with Gasteiger partial charge in [-0.25, -0.2) is 0 Å². The quantitative estimate of drug-likeness (QED) is 0.895. The Morgan fingerprint density at radius 3 is 2.74 bits per heavy atom. The lowest BCUT2D eigenvalue weighted by atomic mass is 9.99. The molecule has 1 N–H and O–H groups in total. The lowest BCUT2D eigenvalue weighted by molar-refractivity contribution is 0.411. The van der Waals surface area contributed by atoms with E-state index in [1.165, 1.54) is 11.1 Å². The Bertz CT molecular complexity index is 548. The van der Waals surface area contributed by atoms with Gasteiger partial charge in [-0.05, 0) is 43.1 Å². The Hall–Kier alpha value is -1.81. The minimum absolute atomic E-state index is 0.286. The second-order valence-electron chi connectivity index (χ2n) is 4.80. The normalized spacial score (nSPS) is 12.4. The summed E-state index contributed by atoms with van der Waals surface area (Å²) in [4.78, 5) is 0. The fourth-order valence-electron chi connectivity index (χ4n) is 2.32. The topological polar surface area (TPSA) is 39.1 Å². The summed E-state index contributed by atoms with van der Waals surface area (Å²) in [6.45, 7) is 2.07. The van der Waals surface area contributed by atoms with Gasteiger partial charge in [-0.15, -0.1) is 0 Å². The van der Waals surface area contributed by atoms with E-state index in [2.05, 4.69) is 35.7 Å². The van der Waals surface area contributed by atoms with Crippen molar-refractivity contribution in [3.63, 3.8) is 0 Å². The Labute approximate surface area is 114 Å². The van der Waals surface area contributed by atoms with Gasteiger partial charge in [0.15, 0.2) is 0 Å². The average molecular weight is 259 g/mol. The van der Waals surface area contributed by atoms with Gasteiger partial charge in [-0.3, -0.25) is 4.68 Å². The predicted octanol–water partition coefficient (Wildman–Crippen LogP) is 2.24. The van der Waals surface area contributed by atoms with Crippen LogP contribution in [-0.2, 0) is 13.5 Å². The standard InChI is InChI=1S/C15H21N3O/c1-11-7-13(5-6-15(11)19-4)14(16-2)8-12-9-17-18(3)10-12/h5-7,9-10,14,16H,8H2,1-4H3. The molecule has 0 fully saturated rings. The van der Waals surface area contributed by atoms with Crippen LogP contribution in [0.15, 0.2) is 30.6 Å². The van der Waals surface area contributed by atoms with Gasteiger partial charge in [0.05, 0.1) is 13.3 Å². The summed E-state index contributed by atoms with van der Waals surface area (Å²) in [6, 6.07) is 6.60. The number of aromatic nitrogens is 2. The van der Waals surface area contributed by atoms with E-state index in [4.69, 9.17) is 4.74 Å². The number of hydrogen-bond donors (Lipinski definition) is 1. The van der Waals surface area contributed by atoms with Gasteiger partial charge in [0, 0.05) is 19.3 Å². The number of likely N-dealkylation sites (N-methyl/N-ethyl adjacent to an activating group) is 1. The van der Waals surface area contributed by atoms with Gasteiger partial charge in [-0.2, -0.15) is 5.10 Å². The summed E-state index contributed by atoms with van der Waals surface area (Å²) in [5.41, 5.74) is 3.66. The highest BCUT2D eigenvalue weighted by molar-refractivity contribution is 5.37. The van der Waals surface area contributed by atoms with Crippen molar-refractivity contribution in [2.45, 2.75) is 19.4 Å². The number of benzene rings is 1. The summed E-state index contributed by atoms with van der Waals surface area (Å²) in [5, 5.41) is 7.57. The molecule has 1 atom stereocenters. The van der Waals surface area contributed by atoms with Crippen molar-refractivity contribution in [3.8, 4) is 5.75 Å². The molecule has 1 aromatic carbocycles. The van der Waals surface area contributed by atoms with E-state index in [9.17, 15) is 0 Å². The lowest BCUT2D eigenvalue weighted by Crippen LogP contribution is -2.18. The van der Waals surface area contributed by atoms with Crippen LogP contribution in [0.1, 0.15) is 22.7 Å². The molecule has 2 aromatic rings. The molecule has 0 bridgehead atoms. The molecule has 0 aliphatic carbocycles. The van der Waals surface area contributed by atoms with Crippen LogP contribution in [0.25, 0.3) is 0 Å². The highest BCUT2D eigenvalue weighted by Gasteiger charge is 2.12. The van der Waals surface area contributed by atoms with Crippen molar-refractivity contribution >= 4 is 0 Å². The van der Waals surface area contributed by atoms with E-state index in [1.54, 1.807) is 7.11 Å². The molecule has 19 heavy (non-hydrogen) atoms. The van der Waals surface area contributed by atoms with Crippen LogP contribution >= 0.6 is 0 Å². The van der Waals surface area contributed by atoms with E-state index in [0.29, 0.717) is 0 Å². The molecule has 1 aromatic heterocycles. The Morgan fingerprint density at radius 2 is 2.21 bits per heavy atom. The highest BCUT2D eigenvalue weighted by atomic mass is 16.5.